The number of aliphatic hydroxyl groups is 1. The molecule has 0 atom stereocenters. The molecule has 29 heavy (non-hydrogen) atoms. The number of hydrogen-bond acceptors (Lipinski definition) is 5. The summed E-state index contributed by atoms with van der Waals surface area (Å²) in [5, 5.41) is 30.2. The van der Waals surface area contributed by atoms with Crippen molar-refractivity contribution in [2.75, 3.05) is 11.4 Å². The second kappa shape index (κ2) is 7.48. The van der Waals surface area contributed by atoms with Crippen molar-refractivity contribution in [2.24, 2.45) is 0 Å². The molecule has 0 saturated heterocycles. The zero-order valence-electron chi connectivity index (χ0n) is 15.1. The molecule has 0 spiro atoms. The predicted octanol–water partition coefficient (Wildman–Crippen LogP) is 4.34. The third-order valence-corrected chi connectivity index (χ3v) is 5.42. The van der Waals surface area contributed by atoms with Gasteiger partial charge in [-0.15, -0.1) is 11.3 Å². The fourth-order valence-electron chi connectivity index (χ4n) is 3.13. The van der Waals surface area contributed by atoms with Gasteiger partial charge < -0.3 is 15.1 Å². The maximum absolute atomic E-state index is 13.1. The molecule has 3 N–H and O–H groups in total. The van der Waals surface area contributed by atoms with Crippen LogP contribution in [-0.2, 0) is 11.2 Å². The summed E-state index contributed by atoms with van der Waals surface area (Å²) in [7, 11) is 0. The van der Waals surface area contributed by atoms with Crippen LogP contribution in [0.1, 0.15) is 10.6 Å². The monoisotopic (exact) mass is 409 g/mol. The minimum Gasteiger partial charge on any atom is -0.510 e. The number of rotatable bonds is 5. The van der Waals surface area contributed by atoms with Crippen molar-refractivity contribution in [3.8, 4) is 11.3 Å². The second-order valence-corrected chi connectivity index (χ2v) is 7.40. The van der Waals surface area contributed by atoms with Crippen molar-refractivity contribution in [1.29, 1.82) is 5.41 Å². The number of amidine groups is 1. The van der Waals surface area contributed by atoms with Gasteiger partial charge in [0.2, 0.25) is 0 Å². The van der Waals surface area contributed by atoms with E-state index in [-0.39, 0.29) is 30.4 Å². The molecular weight excluding hydrogens is 393 g/mol. The summed E-state index contributed by atoms with van der Waals surface area (Å²) in [6, 6.07) is 12.8. The number of hydrogen-bond donors (Lipinski definition) is 3. The highest BCUT2D eigenvalue weighted by Gasteiger charge is 2.31. The van der Waals surface area contributed by atoms with Gasteiger partial charge in [-0.2, -0.15) is 0 Å². The Morgan fingerprint density at radius 3 is 2.52 bits per heavy atom. The highest BCUT2D eigenvalue weighted by atomic mass is 32.1. The third kappa shape index (κ3) is 3.74. The number of aliphatic carboxylic acids is 1. The summed E-state index contributed by atoms with van der Waals surface area (Å²) in [4.78, 5) is 17.0. The van der Waals surface area contributed by atoms with E-state index in [1.54, 1.807) is 46.7 Å². The number of anilines is 1. The molecule has 8 heteroatoms. The number of halogens is 1. The van der Waals surface area contributed by atoms with Gasteiger partial charge in [0.25, 0.3) is 0 Å². The maximum atomic E-state index is 13.1. The predicted molar refractivity (Wildman–Crippen MR) is 110 cm³/mol. The third-order valence-electron chi connectivity index (χ3n) is 4.56. The average Bonchev–Trinajstić information content (AvgIpc) is 3.27. The number of benzene rings is 2. The summed E-state index contributed by atoms with van der Waals surface area (Å²) in [6.07, 6.45) is -0.0717. The van der Waals surface area contributed by atoms with Crippen LogP contribution in [0.5, 0.6) is 0 Å². The number of nitrogens with zero attached hydrogens (tertiary/aromatic N) is 2. The van der Waals surface area contributed by atoms with Gasteiger partial charge in [-0.25, -0.2) is 9.37 Å². The second-order valence-electron chi connectivity index (χ2n) is 6.54. The lowest BCUT2D eigenvalue weighted by atomic mass is 10.1. The Morgan fingerprint density at radius 1 is 1.17 bits per heavy atom. The van der Waals surface area contributed by atoms with Crippen LogP contribution in [0.2, 0.25) is 0 Å². The van der Waals surface area contributed by atoms with Crippen molar-refractivity contribution in [1.82, 2.24) is 4.98 Å². The van der Waals surface area contributed by atoms with Gasteiger partial charge >= 0.3 is 5.97 Å². The molecule has 2 heterocycles. The molecule has 0 radical (unpaired) electrons. The summed E-state index contributed by atoms with van der Waals surface area (Å²) < 4.78 is 13.1. The summed E-state index contributed by atoms with van der Waals surface area (Å²) in [6.45, 7) is 0.137. The van der Waals surface area contributed by atoms with E-state index in [0.29, 0.717) is 27.5 Å². The molecule has 0 aliphatic carbocycles. The first-order valence-electron chi connectivity index (χ1n) is 8.73. The molecule has 0 bridgehead atoms. The number of carboxylic acids is 1. The maximum Gasteiger partial charge on any atom is 0.307 e. The lowest BCUT2D eigenvalue weighted by Crippen LogP contribution is -2.26. The number of nitrogens with one attached hydrogen (secondary N) is 1. The van der Waals surface area contributed by atoms with Gasteiger partial charge in [0.1, 0.15) is 22.4 Å². The molecular formula is C21H16FN3O3S. The van der Waals surface area contributed by atoms with Crippen LogP contribution in [-0.4, -0.2) is 33.5 Å². The van der Waals surface area contributed by atoms with Gasteiger partial charge in [-0.1, -0.05) is 12.1 Å². The molecule has 146 valence electrons. The molecule has 1 aliphatic rings. The lowest BCUT2D eigenvalue weighted by Gasteiger charge is -2.18. The van der Waals surface area contributed by atoms with Crippen LogP contribution < -0.4 is 4.90 Å². The first-order valence-corrected chi connectivity index (χ1v) is 9.61. The van der Waals surface area contributed by atoms with Crippen molar-refractivity contribution in [3.05, 3.63) is 76.1 Å². The van der Waals surface area contributed by atoms with Crippen LogP contribution in [0.3, 0.4) is 0 Å². The number of carboxylic acid groups (broad SMARTS) is 1. The van der Waals surface area contributed by atoms with Gasteiger partial charge in [-0.05, 0) is 42.0 Å². The zero-order valence-corrected chi connectivity index (χ0v) is 15.9. The van der Waals surface area contributed by atoms with Crippen molar-refractivity contribution >= 4 is 34.4 Å². The summed E-state index contributed by atoms with van der Waals surface area (Å²) in [5.74, 6) is -1.07. The fourth-order valence-corrected chi connectivity index (χ4v) is 4.03. The van der Waals surface area contributed by atoms with Crippen molar-refractivity contribution < 1.29 is 19.4 Å². The summed E-state index contributed by atoms with van der Waals surface area (Å²) in [5.41, 5.74) is 3.10. The molecule has 0 unspecified atom stereocenters. The Bertz CT molecular complexity index is 1120. The molecule has 2 aromatic carbocycles. The summed E-state index contributed by atoms with van der Waals surface area (Å²) >= 11 is 1.30. The minimum atomic E-state index is -0.908. The topological polar surface area (TPSA) is 97.5 Å². The molecule has 4 rings (SSSR count). The number of aromatic nitrogens is 1. The van der Waals surface area contributed by atoms with E-state index in [4.69, 9.17) is 10.5 Å². The van der Waals surface area contributed by atoms with Gasteiger partial charge in [0.15, 0.2) is 0 Å². The van der Waals surface area contributed by atoms with Gasteiger partial charge in [0.05, 0.1) is 24.2 Å². The SMILES string of the molecule is N=C1C(c2nc(-c3ccc(F)cc3)cs2)=C(O)CN1c1ccc(CC(=O)O)cc1. The van der Waals surface area contributed by atoms with Crippen LogP contribution in [0.25, 0.3) is 16.8 Å². The lowest BCUT2D eigenvalue weighted by molar-refractivity contribution is -0.136. The van der Waals surface area contributed by atoms with E-state index < -0.39 is 5.97 Å². The van der Waals surface area contributed by atoms with E-state index in [0.717, 1.165) is 5.56 Å². The molecule has 1 aromatic heterocycles. The Labute approximate surface area is 169 Å². The van der Waals surface area contributed by atoms with Crippen molar-refractivity contribution in [3.63, 3.8) is 0 Å². The van der Waals surface area contributed by atoms with Gasteiger partial charge in [-0.3, -0.25) is 10.2 Å². The quantitative estimate of drug-likeness (QED) is 0.582. The van der Waals surface area contributed by atoms with E-state index in [2.05, 4.69) is 4.98 Å². The standard InChI is InChI=1S/C21H16FN3O3S/c22-14-5-3-13(4-6-14)16-11-29-21(24-16)19-17(26)10-25(20(19)23)15-7-1-12(2-8-15)9-18(27)28/h1-8,11,23,26H,9-10H2,(H,27,28). The molecule has 0 amide bonds. The highest BCUT2D eigenvalue weighted by Crippen LogP contribution is 2.34. The molecule has 3 aromatic rings. The van der Waals surface area contributed by atoms with Crippen LogP contribution in [0.15, 0.2) is 59.7 Å². The van der Waals surface area contributed by atoms with Gasteiger partial charge in [0, 0.05) is 16.6 Å². The Hall–Kier alpha value is -3.52. The molecule has 6 nitrogen and oxygen atoms in total. The largest absolute Gasteiger partial charge is 0.510 e. The van der Waals surface area contributed by atoms with Crippen LogP contribution in [0, 0.1) is 11.2 Å². The van der Waals surface area contributed by atoms with Crippen molar-refractivity contribution in [2.45, 2.75) is 6.42 Å². The first-order chi connectivity index (χ1) is 13.9. The number of carbonyl (C=O) groups is 1. The Kier molecular flexibility index (Phi) is 4.85. The number of thiazole rings is 1. The first kappa shape index (κ1) is 18.8. The van der Waals surface area contributed by atoms with E-state index in [9.17, 15) is 14.3 Å². The average molecular weight is 409 g/mol. The normalized spacial score (nSPS) is 14.0. The minimum absolute atomic E-state index is 0.0459. The number of aliphatic hydroxyl groups excluding tert-OH is 1. The zero-order chi connectivity index (χ0) is 20.5. The van der Waals surface area contributed by atoms with E-state index in [1.165, 1.54) is 23.5 Å². The Morgan fingerprint density at radius 2 is 1.86 bits per heavy atom. The fraction of sp³-hybridized carbons (Fsp3) is 0.0952. The van der Waals surface area contributed by atoms with E-state index >= 15 is 0 Å². The van der Waals surface area contributed by atoms with E-state index in [1.807, 2.05) is 0 Å². The van der Waals surface area contributed by atoms with Crippen LogP contribution in [0.4, 0.5) is 10.1 Å². The smallest absolute Gasteiger partial charge is 0.307 e. The molecule has 0 saturated carbocycles. The van der Waals surface area contributed by atoms with Crippen LogP contribution >= 0.6 is 11.3 Å². The molecule has 0 fully saturated rings. The highest BCUT2D eigenvalue weighted by molar-refractivity contribution is 7.11. The molecule has 1 aliphatic heterocycles. The Balaban J connectivity index is 1.57.